The molecule has 0 bridgehead atoms. The topological polar surface area (TPSA) is 38.7 Å². The third-order valence-corrected chi connectivity index (χ3v) is 2.60. The molecule has 0 aromatic carbocycles. The van der Waals surface area contributed by atoms with Gasteiger partial charge >= 0.3 is 0 Å². The highest BCUT2D eigenvalue weighted by atomic mass is 35.5. The van der Waals surface area contributed by atoms with Crippen molar-refractivity contribution in [3.63, 3.8) is 0 Å². The first-order valence-electron chi connectivity index (χ1n) is 5.06. The summed E-state index contributed by atoms with van der Waals surface area (Å²) in [6.07, 6.45) is 5.26. The standard InChI is InChI=1S/C12H12ClN3/c1-8(13)11-7-15-12(16-9(11)2)10-4-3-5-14-6-10/h3-8H,1-2H3. The molecule has 0 saturated carbocycles. The van der Waals surface area contributed by atoms with Gasteiger partial charge in [0, 0.05) is 35.4 Å². The molecule has 0 amide bonds. The highest BCUT2D eigenvalue weighted by Gasteiger charge is 2.09. The predicted octanol–water partition coefficient (Wildman–Crippen LogP) is 3.15. The van der Waals surface area contributed by atoms with E-state index < -0.39 is 0 Å². The molecule has 3 nitrogen and oxygen atoms in total. The molecule has 0 aliphatic carbocycles. The minimum Gasteiger partial charge on any atom is -0.264 e. The van der Waals surface area contributed by atoms with Gasteiger partial charge in [0.05, 0.1) is 5.38 Å². The average molecular weight is 234 g/mol. The Morgan fingerprint density at radius 2 is 2.12 bits per heavy atom. The summed E-state index contributed by atoms with van der Waals surface area (Å²) in [5.74, 6) is 0.687. The predicted molar refractivity (Wildman–Crippen MR) is 64.3 cm³/mol. The lowest BCUT2D eigenvalue weighted by Crippen LogP contribution is -1.98. The Kier molecular flexibility index (Phi) is 3.15. The molecule has 2 heterocycles. The third-order valence-electron chi connectivity index (χ3n) is 2.37. The largest absolute Gasteiger partial charge is 0.264 e. The Labute approximate surface area is 99.5 Å². The van der Waals surface area contributed by atoms with Crippen LogP contribution in [-0.2, 0) is 0 Å². The van der Waals surface area contributed by atoms with Crippen LogP contribution in [0.3, 0.4) is 0 Å². The molecule has 82 valence electrons. The van der Waals surface area contributed by atoms with Gasteiger partial charge in [0.15, 0.2) is 5.82 Å². The number of aryl methyl sites for hydroxylation is 1. The molecule has 0 saturated heterocycles. The van der Waals surface area contributed by atoms with E-state index in [1.807, 2.05) is 26.0 Å². The van der Waals surface area contributed by atoms with E-state index in [0.717, 1.165) is 16.8 Å². The molecule has 0 N–H and O–H groups in total. The maximum absolute atomic E-state index is 6.01. The van der Waals surface area contributed by atoms with Crippen LogP contribution < -0.4 is 0 Å². The van der Waals surface area contributed by atoms with E-state index in [2.05, 4.69) is 15.0 Å². The van der Waals surface area contributed by atoms with E-state index in [4.69, 9.17) is 11.6 Å². The molecule has 2 rings (SSSR count). The summed E-state index contributed by atoms with van der Waals surface area (Å²) in [6.45, 7) is 3.85. The zero-order chi connectivity index (χ0) is 11.5. The zero-order valence-electron chi connectivity index (χ0n) is 9.18. The Bertz CT molecular complexity index is 483. The fourth-order valence-corrected chi connectivity index (χ4v) is 1.72. The summed E-state index contributed by atoms with van der Waals surface area (Å²) in [4.78, 5) is 12.8. The Balaban J connectivity index is 2.43. The van der Waals surface area contributed by atoms with Crippen molar-refractivity contribution in [2.45, 2.75) is 19.2 Å². The maximum atomic E-state index is 6.01. The van der Waals surface area contributed by atoms with Crippen LogP contribution >= 0.6 is 11.6 Å². The normalized spacial score (nSPS) is 12.4. The van der Waals surface area contributed by atoms with Crippen LogP contribution in [0.25, 0.3) is 11.4 Å². The molecule has 0 aliphatic heterocycles. The minimum absolute atomic E-state index is 0.0667. The van der Waals surface area contributed by atoms with E-state index in [1.165, 1.54) is 0 Å². The number of nitrogens with zero attached hydrogens (tertiary/aromatic N) is 3. The van der Waals surface area contributed by atoms with Crippen LogP contribution in [0, 0.1) is 6.92 Å². The molecule has 0 fully saturated rings. The summed E-state index contributed by atoms with van der Waals surface area (Å²) in [5.41, 5.74) is 2.80. The van der Waals surface area contributed by atoms with Gasteiger partial charge in [-0.2, -0.15) is 0 Å². The number of hydrogen-bond donors (Lipinski definition) is 0. The van der Waals surface area contributed by atoms with Crippen molar-refractivity contribution in [3.05, 3.63) is 42.0 Å². The number of aromatic nitrogens is 3. The van der Waals surface area contributed by atoms with Gasteiger partial charge < -0.3 is 0 Å². The summed E-state index contributed by atoms with van der Waals surface area (Å²) in [7, 11) is 0. The van der Waals surface area contributed by atoms with Gasteiger partial charge in [-0.1, -0.05) is 0 Å². The molecule has 0 spiro atoms. The van der Waals surface area contributed by atoms with Gasteiger partial charge in [0.2, 0.25) is 0 Å². The zero-order valence-corrected chi connectivity index (χ0v) is 9.94. The van der Waals surface area contributed by atoms with Crippen LogP contribution in [0.4, 0.5) is 0 Å². The highest BCUT2D eigenvalue weighted by molar-refractivity contribution is 6.20. The second-order valence-corrected chi connectivity index (χ2v) is 4.25. The number of rotatable bonds is 2. The van der Waals surface area contributed by atoms with Gasteiger partial charge in [0.25, 0.3) is 0 Å². The summed E-state index contributed by atoms with van der Waals surface area (Å²) < 4.78 is 0. The van der Waals surface area contributed by atoms with Crippen molar-refractivity contribution < 1.29 is 0 Å². The van der Waals surface area contributed by atoms with Crippen molar-refractivity contribution in [2.75, 3.05) is 0 Å². The lowest BCUT2D eigenvalue weighted by atomic mass is 10.2. The molecular weight excluding hydrogens is 222 g/mol. The van der Waals surface area contributed by atoms with Crippen LogP contribution in [0.2, 0.25) is 0 Å². The molecule has 1 atom stereocenters. The van der Waals surface area contributed by atoms with E-state index in [1.54, 1.807) is 18.6 Å². The molecule has 2 aromatic heterocycles. The quantitative estimate of drug-likeness (QED) is 0.748. The molecule has 2 aromatic rings. The smallest absolute Gasteiger partial charge is 0.160 e. The molecule has 1 unspecified atom stereocenters. The van der Waals surface area contributed by atoms with E-state index >= 15 is 0 Å². The van der Waals surface area contributed by atoms with Crippen molar-refractivity contribution in [1.29, 1.82) is 0 Å². The highest BCUT2D eigenvalue weighted by Crippen LogP contribution is 2.23. The maximum Gasteiger partial charge on any atom is 0.160 e. The van der Waals surface area contributed by atoms with Gasteiger partial charge in [-0.25, -0.2) is 9.97 Å². The van der Waals surface area contributed by atoms with Gasteiger partial charge in [-0.05, 0) is 26.0 Å². The van der Waals surface area contributed by atoms with Gasteiger partial charge in [0.1, 0.15) is 0 Å². The fourth-order valence-electron chi connectivity index (χ4n) is 1.50. The van der Waals surface area contributed by atoms with Crippen LogP contribution in [0.5, 0.6) is 0 Å². The molecule has 16 heavy (non-hydrogen) atoms. The Morgan fingerprint density at radius 3 is 2.69 bits per heavy atom. The average Bonchev–Trinajstić information content (AvgIpc) is 2.29. The number of hydrogen-bond acceptors (Lipinski definition) is 3. The fraction of sp³-hybridized carbons (Fsp3) is 0.250. The number of pyridine rings is 1. The van der Waals surface area contributed by atoms with Crippen molar-refractivity contribution >= 4 is 11.6 Å². The van der Waals surface area contributed by atoms with Crippen molar-refractivity contribution in [2.24, 2.45) is 0 Å². The van der Waals surface area contributed by atoms with E-state index in [0.29, 0.717) is 5.82 Å². The third kappa shape index (κ3) is 2.19. The lowest BCUT2D eigenvalue weighted by molar-refractivity contribution is 0.975. The van der Waals surface area contributed by atoms with Crippen LogP contribution in [0.1, 0.15) is 23.6 Å². The number of alkyl halides is 1. The summed E-state index contributed by atoms with van der Waals surface area (Å²) >= 11 is 6.01. The van der Waals surface area contributed by atoms with Gasteiger partial charge in [-0.3, -0.25) is 4.98 Å². The Hall–Kier alpha value is -1.48. The van der Waals surface area contributed by atoms with Crippen molar-refractivity contribution in [1.82, 2.24) is 15.0 Å². The monoisotopic (exact) mass is 233 g/mol. The Morgan fingerprint density at radius 1 is 1.31 bits per heavy atom. The van der Waals surface area contributed by atoms with Crippen LogP contribution in [0.15, 0.2) is 30.7 Å². The second kappa shape index (κ2) is 4.58. The molecule has 4 heteroatoms. The lowest BCUT2D eigenvalue weighted by Gasteiger charge is -2.07. The van der Waals surface area contributed by atoms with Gasteiger partial charge in [-0.15, -0.1) is 11.6 Å². The first kappa shape index (κ1) is 11.0. The van der Waals surface area contributed by atoms with E-state index in [9.17, 15) is 0 Å². The molecular formula is C12H12ClN3. The number of halogens is 1. The first-order valence-corrected chi connectivity index (χ1v) is 5.50. The SMILES string of the molecule is Cc1nc(-c2cccnc2)ncc1C(C)Cl. The second-order valence-electron chi connectivity index (χ2n) is 3.59. The molecule has 0 aliphatic rings. The van der Waals surface area contributed by atoms with Crippen LogP contribution in [-0.4, -0.2) is 15.0 Å². The van der Waals surface area contributed by atoms with Crippen molar-refractivity contribution in [3.8, 4) is 11.4 Å². The summed E-state index contributed by atoms with van der Waals surface area (Å²) in [5, 5.41) is -0.0667. The van der Waals surface area contributed by atoms with E-state index in [-0.39, 0.29) is 5.38 Å². The minimum atomic E-state index is -0.0667. The first-order chi connectivity index (χ1) is 7.68. The summed E-state index contributed by atoms with van der Waals surface area (Å²) in [6, 6.07) is 3.80. The molecule has 0 radical (unpaired) electrons.